The topological polar surface area (TPSA) is 34.9 Å². The van der Waals surface area contributed by atoms with Crippen molar-refractivity contribution in [3.8, 4) is 0 Å². The maximum absolute atomic E-state index is 13.0. The molecule has 7 heteroatoms. The molecule has 20 heavy (non-hydrogen) atoms. The monoisotopic (exact) mass is 350 g/mol. The first kappa shape index (κ1) is 16.7. The zero-order chi connectivity index (χ0) is 15.7. The number of rotatable bonds is 0. The SMILES string of the molecule is CC.Cc1nc(=O)n(C)c2c(C(F)(F)F)cc(Br)cc12. The van der Waals surface area contributed by atoms with Crippen molar-refractivity contribution < 1.29 is 13.2 Å². The Labute approximate surface area is 122 Å². The van der Waals surface area contributed by atoms with Crippen molar-refractivity contribution in [2.75, 3.05) is 0 Å². The third kappa shape index (κ3) is 3.03. The fourth-order valence-electron chi connectivity index (χ4n) is 1.83. The molecule has 0 aliphatic rings. The molecule has 2 rings (SSSR count). The van der Waals surface area contributed by atoms with Crippen LogP contribution in [-0.4, -0.2) is 9.55 Å². The Hall–Kier alpha value is -1.37. The smallest absolute Gasteiger partial charge is 0.294 e. The van der Waals surface area contributed by atoms with Crippen LogP contribution in [0.4, 0.5) is 13.2 Å². The summed E-state index contributed by atoms with van der Waals surface area (Å²) in [4.78, 5) is 15.2. The Balaban J connectivity index is 0.000000956. The number of fused-ring (bicyclic) bond motifs is 1. The molecule has 1 aromatic carbocycles. The second kappa shape index (κ2) is 5.95. The number of hydrogen-bond acceptors (Lipinski definition) is 2. The quantitative estimate of drug-likeness (QED) is 0.718. The van der Waals surface area contributed by atoms with Gasteiger partial charge in [-0.25, -0.2) is 4.79 Å². The van der Waals surface area contributed by atoms with E-state index in [-0.39, 0.29) is 11.2 Å². The molecule has 0 N–H and O–H groups in total. The van der Waals surface area contributed by atoms with Gasteiger partial charge in [-0.3, -0.25) is 4.57 Å². The van der Waals surface area contributed by atoms with E-state index >= 15 is 0 Å². The van der Waals surface area contributed by atoms with Crippen molar-refractivity contribution in [1.82, 2.24) is 9.55 Å². The van der Waals surface area contributed by atoms with Gasteiger partial charge in [-0.1, -0.05) is 29.8 Å². The van der Waals surface area contributed by atoms with Crippen LogP contribution in [0.25, 0.3) is 10.9 Å². The minimum Gasteiger partial charge on any atom is -0.294 e. The van der Waals surface area contributed by atoms with E-state index in [1.54, 1.807) is 0 Å². The second-order valence-corrected chi connectivity index (χ2v) is 4.80. The number of hydrogen-bond donors (Lipinski definition) is 0. The second-order valence-electron chi connectivity index (χ2n) is 3.89. The van der Waals surface area contributed by atoms with E-state index in [2.05, 4.69) is 20.9 Å². The van der Waals surface area contributed by atoms with E-state index in [1.165, 1.54) is 20.0 Å². The van der Waals surface area contributed by atoms with E-state index in [0.717, 1.165) is 10.6 Å². The molecule has 0 aliphatic heterocycles. The molecule has 110 valence electrons. The van der Waals surface area contributed by atoms with Crippen LogP contribution in [-0.2, 0) is 13.2 Å². The molecule has 0 fully saturated rings. The lowest BCUT2D eigenvalue weighted by Crippen LogP contribution is -2.23. The molecular formula is C13H14BrF3N2O. The molecular weight excluding hydrogens is 337 g/mol. The van der Waals surface area contributed by atoms with Crippen molar-refractivity contribution in [1.29, 1.82) is 0 Å². The predicted octanol–water partition coefficient (Wildman–Crippen LogP) is 4.05. The van der Waals surface area contributed by atoms with Crippen molar-refractivity contribution in [2.45, 2.75) is 26.9 Å². The Morgan fingerprint density at radius 3 is 2.30 bits per heavy atom. The molecule has 0 aliphatic carbocycles. The molecule has 2 aromatic rings. The number of benzene rings is 1. The van der Waals surface area contributed by atoms with Crippen LogP contribution in [0.2, 0.25) is 0 Å². The van der Waals surface area contributed by atoms with Gasteiger partial charge in [0, 0.05) is 16.9 Å². The summed E-state index contributed by atoms with van der Waals surface area (Å²) in [6, 6.07) is 2.48. The Morgan fingerprint density at radius 2 is 1.80 bits per heavy atom. The average molecular weight is 351 g/mol. The average Bonchev–Trinajstić information content (AvgIpc) is 2.36. The van der Waals surface area contributed by atoms with Crippen LogP contribution in [0.5, 0.6) is 0 Å². The number of aryl methyl sites for hydroxylation is 2. The predicted molar refractivity (Wildman–Crippen MR) is 75.8 cm³/mol. The minimum absolute atomic E-state index is 0.150. The maximum Gasteiger partial charge on any atom is 0.418 e. The van der Waals surface area contributed by atoms with Gasteiger partial charge in [0.15, 0.2) is 0 Å². The number of nitrogens with zero attached hydrogens (tertiary/aromatic N) is 2. The van der Waals surface area contributed by atoms with E-state index in [0.29, 0.717) is 9.86 Å². The molecule has 0 bridgehead atoms. The molecule has 0 spiro atoms. The fourth-order valence-corrected chi connectivity index (χ4v) is 2.28. The lowest BCUT2D eigenvalue weighted by Gasteiger charge is -2.14. The number of aromatic nitrogens is 2. The summed E-state index contributed by atoms with van der Waals surface area (Å²) in [5, 5.41) is 0.304. The van der Waals surface area contributed by atoms with Gasteiger partial charge in [-0.05, 0) is 19.1 Å². The maximum atomic E-state index is 13.0. The highest BCUT2D eigenvalue weighted by atomic mass is 79.9. The molecule has 0 atom stereocenters. The molecule has 1 aromatic heterocycles. The molecule has 0 unspecified atom stereocenters. The fraction of sp³-hybridized carbons (Fsp3) is 0.385. The normalized spacial score (nSPS) is 11.2. The summed E-state index contributed by atoms with van der Waals surface area (Å²) in [6.45, 7) is 5.51. The van der Waals surface area contributed by atoms with Crippen molar-refractivity contribution in [3.05, 3.63) is 38.3 Å². The first-order valence-electron chi connectivity index (χ1n) is 5.96. The highest BCUT2D eigenvalue weighted by molar-refractivity contribution is 9.10. The zero-order valence-corrected chi connectivity index (χ0v) is 13.1. The first-order valence-corrected chi connectivity index (χ1v) is 6.75. The van der Waals surface area contributed by atoms with Crippen LogP contribution < -0.4 is 5.69 Å². The summed E-state index contributed by atoms with van der Waals surface area (Å²) in [6.07, 6.45) is -4.53. The Morgan fingerprint density at radius 1 is 1.25 bits per heavy atom. The Kier molecular flexibility index (Phi) is 4.96. The third-order valence-electron chi connectivity index (χ3n) is 2.66. The standard InChI is InChI=1S/C11H8BrF3N2O.C2H6/c1-5-7-3-6(12)4-8(11(13,14)15)9(7)17(2)10(18)16-5;1-2/h3-4H,1-2H3;1-2H3. The highest BCUT2D eigenvalue weighted by Gasteiger charge is 2.34. The highest BCUT2D eigenvalue weighted by Crippen LogP contribution is 2.36. The molecule has 0 saturated heterocycles. The number of alkyl halides is 3. The molecule has 3 nitrogen and oxygen atoms in total. The molecule has 0 radical (unpaired) electrons. The van der Waals surface area contributed by atoms with Gasteiger partial charge in [-0.15, -0.1) is 0 Å². The molecule has 0 amide bonds. The van der Waals surface area contributed by atoms with Crippen LogP contribution in [0.3, 0.4) is 0 Å². The summed E-state index contributed by atoms with van der Waals surface area (Å²) in [7, 11) is 1.28. The lowest BCUT2D eigenvalue weighted by molar-refractivity contribution is -0.136. The van der Waals surface area contributed by atoms with Gasteiger partial charge in [0.2, 0.25) is 0 Å². The largest absolute Gasteiger partial charge is 0.418 e. The summed E-state index contributed by atoms with van der Waals surface area (Å²) in [5.74, 6) is 0. The van der Waals surface area contributed by atoms with Crippen LogP contribution >= 0.6 is 15.9 Å². The first-order chi connectivity index (χ1) is 9.21. The molecule has 0 saturated carbocycles. The van der Waals surface area contributed by atoms with Gasteiger partial charge in [0.1, 0.15) is 0 Å². The van der Waals surface area contributed by atoms with Gasteiger partial charge < -0.3 is 0 Å². The van der Waals surface area contributed by atoms with Crippen molar-refractivity contribution >= 4 is 26.8 Å². The van der Waals surface area contributed by atoms with Gasteiger partial charge >= 0.3 is 11.9 Å². The van der Waals surface area contributed by atoms with E-state index in [1.807, 2.05) is 13.8 Å². The van der Waals surface area contributed by atoms with E-state index in [4.69, 9.17) is 0 Å². The van der Waals surface area contributed by atoms with Crippen LogP contribution in [0.1, 0.15) is 25.1 Å². The van der Waals surface area contributed by atoms with Crippen molar-refractivity contribution in [2.24, 2.45) is 7.05 Å². The Bertz CT molecular complexity index is 693. The van der Waals surface area contributed by atoms with Gasteiger partial charge in [-0.2, -0.15) is 18.2 Å². The van der Waals surface area contributed by atoms with E-state index in [9.17, 15) is 18.0 Å². The van der Waals surface area contributed by atoms with E-state index < -0.39 is 17.4 Å². The number of halogens is 4. The molecule has 1 heterocycles. The van der Waals surface area contributed by atoms with Gasteiger partial charge in [0.05, 0.1) is 16.8 Å². The van der Waals surface area contributed by atoms with Crippen LogP contribution in [0.15, 0.2) is 21.4 Å². The summed E-state index contributed by atoms with van der Waals surface area (Å²) in [5.41, 5.74) is -1.42. The van der Waals surface area contributed by atoms with Crippen molar-refractivity contribution in [3.63, 3.8) is 0 Å². The lowest BCUT2D eigenvalue weighted by atomic mass is 10.1. The third-order valence-corrected chi connectivity index (χ3v) is 3.11. The minimum atomic E-state index is -4.53. The zero-order valence-electron chi connectivity index (χ0n) is 11.5. The van der Waals surface area contributed by atoms with Gasteiger partial charge in [0.25, 0.3) is 0 Å². The summed E-state index contributed by atoms with van der Waals surface area (Å²) < 4.78 is 40.2. The summed E-state index contributed by atoms with van der Waals surface area (Å²) >= 11 is 3.04. The van der Waals surface area contributed by atoms with Crippen LogP contribution in [0, 0.1) is 6.92 Å².